The van der Waals surface area contributed by atoms with Gasteiger partial charge in [-0.15, -0.1) is 0 Å². The molecule has 1 atom stereocenters. The first-order valence-corrected chi connectivity index (χ1v) is 10.5. The molecule has 0 unspecified atom stereocenters. The number of hydrogen-bond donors (Lipinski definition) is 1. The van der Waals surface area contributed by atoms with Gasteiger partial charge < -0.3 is 14.8 Å². The van der Waals surface area contributed by atoms with E-state index in [2.05, 4.69) is 5.32 Å². The van der Waals surface area contributed by atoms with Crippen LogP contribution in [0.2, 0.25) is 5.02 Å². The van der Waals surface area contributed by atoms with Crippen molar-refractivity contribution >= 4 is 34.0 Å². The molecule has 0 saturated heterocycles. The van der Waals surface area contributed by atoms with E-state index >= 15 is 0 Å². The van der Waals surface area contributed by atoms with Crippen LogP contribution in [0.3, 0.4) is 0 Å². The minimum absolute atomic E-state index is 0.268. The number of nitrogens with one attached hydrogen (secondary N) is 1. The fourth-order valence-corrected chi connectivity index (χ4v) is 3.42. The molecular weight excluding hydrogens is 410 g/mol. The molecule has 4 rings (SSSR count). The lowest BCUT2D eigenvalue weighted by atomic mass is 10.1. The Balaban J connectivity index is 1.52. The molecule has 0 aromatic heterocycles. The van der Waals surface area contributed by atoms with Crippen LogP contribution in [0.1, 0.15) is 13.3 Å². The van der Waals surface area contributed by atoms with E-state index < -0.39 is 6.10 Å². The molecule has 31 heavy (non-hydrogen) atoms. The van der Waals surface area contributed by atoms with E-state index in [4.69, 9.17) is 21.1 Å². The second kappa shape index (κ2) is 9.54. The molecule has 0 aliphatic heterocycles. The van der Waals surface area contributed by atoms with Crippen LogP contribution in [0.25, 0.3) is 10.8 Å². The second-order valence-electron chi connectivity index (χ2n) is 7.07. The molecule has 4 aromatic rings. The lowest BCUT2D eigenvalue weighted by Gasteiger charge is -2.19. The molecule has 4 aromatic carbocycles. The van der Waals surface area contributed by atoms with E-state index in [1.807, 2.05) is 79.7 Å². The quantitative estimate of drug-likeness (QED) is 0.340. The first-order valence-electron chi connectivity index (χ1n) is 10.1. The molecule has 0 saturated carbocycles. The van der Waals surface area contributed by atoms with Crippen LogP contribution in [0.15, 0.2) is 91.0 Å². The standard InChI is InChI=1S/C26H22ClNO3/c1-2-24(31-22-14-12-18-8-6-7-9-19(18)16-22)26(29)28-23-17-20(27)13-15-25(23)30-21-10-4-3-5-11-21/h3-17,24H,2H2,1H3,(H,28,29)/t24-/m0/s1. The molecular formula is C26H22ClNO3. The zero-order chi connectivity index (χ0) is 21.6. The molecule has 0 spiro atoms. The lowest BCUT2D eigenvalue weighted by molar-refractivity contribution is -0.122. The predicted molar refractivity (Wildman–Crippen MR) is 125 cm³/mol. The molecule has 0 bridgehead atoms. The van der Waals surface area contributed by atoms with Gasteiger partial charge in [-0.1, -0.05) is 67.1 Å². The van der Waals surface area contributed by atoms with Gasteiger partial charge in [0.25, 0.3) is 5.91 Å². The first kappa shape index (κ1) is 20.8. The van der Waals surface area contributed by atoms with Crippen LogP contribution in [-0.2, 0) is 4.79 Å². The monoisotopic (exact) mass is 431 g/mol. The van der Waals surface area contributed by atoms with Crippen molar-refractivity contribution in [2.45, 2.75) is 19.4 Å². The van der Waals surface area contributed by atoms with Crippen LogP contribution in [0, 0.1) is 0 Å². The average molecular weight is 432 g/mol. The number of carbonyl (C=O) groups excluding carboxylic acids is 1. The molecule has 0 aliphatic carbocycles. The third-order valence-corrected chi connectivity index (χ3v) is 5.07. The number of carbonyl (C=O) groups is 1. The van der Waals surface area contributed by atoms with Gasteiger partial charge in [-0.05, 0) is 59.7 Å². The molecule has 5 heteroatoms. The number of ether oxygens (including phenoxy) is 2. The summed E-state index contributed by atoms with van der Waals surface area (Å²) in [4.78, 5) is 13.0. The zero-order valence-corrected chi connectivity index (χ0v) is 17.8. The Bertz CT molecular complexity index is 1190. The van der Waals surface area contributed by atoms with Gasteiger partial charge in [0, 0.05) is 5.02 Å². The first-order chi connectivity index (χ1) is 15.1. The number of fused-ring (bicyclic) bond motifs is 1. The number of halogens is 1. The molecule has 0 aliphatic rings. The largest absolute Gasteiger partial charge is 0.481 e. The van der Waals surface area contributed by atoms with Crippen molar-refractivity contribution < 1.29 is 14.3 Å². The predicted octanol–water partition coefficient (Wildman–Crippen LogP) is 7.08. The highest BCUT2D eigenvalue weighted by Crippen LogP contribution is 2.32. The number of rotatable bonds is 7. The molecule has 0 fully saturated rings. The van der Waals surface area contributed by atoms with Crippen molar-refractivity contribution in [1.82, 2.24) is 0 Å². The highest BCUT2D eigenvalue weighted by atomic mass is 35.5. The van der Waals surface area contributed by atoms with E-state index in [0.717, 1.165) is 10.8 Å². The van der Waals surface area contributed by atoms with Crippen molar-refractivity contribution in [3.63, 3.8) is 0 Å². The molecule has 0 radical (unpaired) electrons. The smallest absolute Gasteiger partial charge is 0.265 e. The van der Waals surface area contributed by atoms with Gasteiger partial charge in [0.2, 0.25) is 0 Å². The number of benzene rings is 4. The summed E-state index contributed by atoms with van der Waals surface area (Å²) in [5, 5.41) is 5.58. The van der Waals surface area contributed by atoms with Gasteiger partial charge in [0.05, 0.1) is 5.69 Å². The average Bonchev–Trinajstić information content (AvgIpc) is 2.79. The van der Waals surface area contributed by atoms with Gasteiger partial charge in [0.1, 0.15) is 11.5 Å². The highest BCUT2D eigenvalue weighted by Gasteiger charge is 2.20. The van der Waals surface area contributed by atoms with Gasteiger partial charge in [-0.25, -0.2) is 0 Å². The molecule has 1 N–H and O–H groups in total. The summed E-state index contributed by atoms with van der Waals surface area (Å²) in [7, 11) is 0. The highest BCUT2D eigenvalue weighted by molar-refractivity contribution is 6.31. The van der Waals surface area contributed by atoms with Crippen molar-refractivity contribution in [1.29, 1.82) is 0 Å². The topological polar surface area (TPSA) is 47.6 Å². The molecule has 1 amide bonds. The van der Waals surface area contributed by atoms with Gasteiger partial charge in [0.15, 0.2) is 11.9 Å². The summed E-state index contributed by atoms with van der Waals surface area (Å²) < 4.78 is 11.9. The second-order valence-corrected chi connectivity index (χ2v) is 7.50. The Hall–Kier alpha value is -3.50. The van der Waals surface area contributed by atoms with E-state index in [9.17, 15) is 4.79 Å². The van der Waals surface area contributed by atoms with Crippen LogP contribution >= 0.6 is 11.6 Å². The lowest BCUT2D eigenvalue weighted by Crippen LogP contribution is -2.32. The van der Waals surface area contributed by atoms with Crippen molar-refractivity contribution in [3.8, 4) is 17.2 Å². The Kier molecular flexibility index (Phi) is 6.39. The van der Waals surface area contributed by atoms with E-state index in [1.165, 1.54) is 0 Å². The number of hydrogen-bond acceptors (Lipinski definition) is 3. The molecule has 0 heterocycles. The van der Waals surface area contributed by atoms with Gasteiger partial charge in [-0.3, -0.25) is 4.79 Å². The summed E-state index contributed by atoms with van der Waals surface area (Å²) >= 11 is 6.16. The van der Waals surface area contributed by atoms with Gasteiger partial charge >= 0.3 is 0 Å². The SMILES string of the molecule is CC[C@H](Oc1ccc2ccccc2c1)C(=O)Nc1cc(Cl)ccc1Oc1ccccc1. The third kappa shape index (κ3) is 5.16. The minimum atomic E-state index is -0.662. The molecule has 156 valence electrons. The maximum Gasteiger partial charge on any atom is 0.265 e. The zero-order valence-electron chi connectivity index (χ0n) is 17.0. The maximum atomic E-state index is 13.0. The fourth-order valence-electron chi connectivity index (χ4n) is 3.24. The van der Waals surface area contributed by atoms with E-state index in [1.54, 1.807) is 18.2 Å². The van der Waals surface area contributed by atoms with E-state index in [-0.39, 0.29) is 5.91 Å². The normalized spacial score (nSPS) is 11.7. The number of anilines is 1. The summed E-state index contributed by atoms with van der Waals surface area (Å²) in [5.41, 5.74) is 0.488. The fraction of sp³-hybridized carbons (Fsp3) is 0.115. The third-order valence-electron chi connectivity index (χ3n) is 4.83. The Morgan fingerprint density at radius 2 is 1.61 bits per heavy atom. The van der Waals surface area contributed by atoms with Crippen LogP contribution in [0.5, 0.6) is 17.2 Å². The summed E-state index contributed by atoms with van der Waals surface area (Å²) in [5.74, 6) is 1.55. The minimum Gasteiger partial charge on any atom is -0.481 e. The Morgan fingerprint density at radius 3 is 2.39 bits per heavy atom. The van der Waals surface area contributed by atoms with Crippen molar-refractivity contribution in [2.24, 2.45) is 0 Å². The Morgan fingerprint density at radius 1 is 0.871 bits per heavy atom. The number of amides is 1. The molecule has 4 nitrogen and oxygen atoms in total. The summed E-state index contributed by atoms with van der Waals surface area (Å²) in [6.07, 6.45) is -0.154. The summed E-state index contributed by atoms with van der Waals surface area (Å²) in [6, 6.07) is 28.3. The summed E-state index contributed by atoms with van der Waals surface area (Å²) in [6.45, 7) is 1.91. The van der Waals surface area contributed by atoms with Crippen LogP contribution in [-0.4, -0.2) is 12.0 Å². The van der Waals surface area contributed by atoms with Crippen molar-refractivity contribution in [2.75, 3.05) is 5.32 Å². The van der Waals surface area contributed by atoms with Crippen LogP contribution in [0.4, 0.5) is 5.69 Å². The Labute approximate surface area is 186 Å². The number of para-hydroxylation sites is 1. The van der Waals surface area contributed by atoms with Crippen molar-refractivity contribution in [3.05, 3.63) is 96.0 Å². The maximum absolute atomic E-state index is 13.0. The van der Waals surface area contributed by atoms with Crippen LogP contribution < -0.4 is 14.8 Å². The van der Waals surface area contributed by atoms with E-state index in [0.29, 0.717) is 34.4 Å². The van der Waals surface area contributed by atoms with Gasteiger partial charge in [-0.2, -0.15) is 0 Å².